The average Bonchev–Trinajstić information content (AvgIpc) is 3.55. The number of carboxylic acids is 1. The molecule has 244 valence electrons. The van der Waals surface area contributed by atoms with E-state index < -0.39 is 35.7 Å². The molecule has 0 aromatic heterocycles. The van der Waals surface area contributed by atoms with Crippen LogP contribution in [0.3, 0.4) is 0 Å². The maximum atomic E-state index is 14.8. The summed E-state index contributed by atoms with van der Waals surface area (Å²) in [6.45, 7) is 3.76. The minimum Gasteiger partial charge on any atom is -0.478 e. The van der Waals surface area contributed by atoms with Crippen LogP contribution in [-0.4, -0.2) is 72.5 Å². The highest BCUT2D eigenvalue weighted by atomic mass is 35.5. The first-order valence-corrected chi connectivity index (χ1v) is 16.2. The molecule has 4 aliphatic rings. The number of oxime groups is 1. The number of fused-ring (bicyclic) bond motifs is 1. The van der Waals surface area contributed by atoms with Crippen LogP contribution >= 0.6 is 11.6 Å². The van der Waals surface area contributed by atoms with Gasteiger partial charge in [0.15, 0.2) is 5.82 Å². The molecular weight excluding hydrogens is 627 g/mol. The molecule has 0 radical (unpaired) electrons. The van der Waals surface area contributed by atoms with E-state index in [-0.39, 0.29) is 34.8 Å². The van der Waals surface area contributed by atoms with Gasteiger partial charge in [0.2, 0.25) is 6.10 Å². The zero-order valence-electron chi connectivity index (χ0n) is 25.5. The van der Waals surface area contributed by atoms with Gasteiger partial charge in [0.05, 0.1) is 29.5 Å². The van der Waals surface area contributed by atoms with Crippen LogP contribution in [-0.2, 0) is 25.6 Å². The van der Waals surface area contributed by atoms with Gasteiger partial charge < -0.3 is 29.8 Å². The van der Waals surface area contributed by atoms with Gasteiger partial charge in [-0.25, -0.2) is 9.18 Å². The number of halogens is 2. The van der Waals surface area contributed by atoms with Gasteiger partial charge in [-0.15, -0.1) is 0 Å². The van der Waals surface area contributed by atoms with Crippen LogP contribution in [0.15, 0.2) is 65.8 Å². The Morgan fingerprint density at radius 3 is 2.40 bits per heavy atom. The van der Waals surface area contributed by atoms with Gasteiger partial charge in [-0.2, -0.15) is 0 Å². The molecule has 7 rings (SSSR count). The Morgan fingerprint density at radius 2 is 1.70 bits per heavy atom. The third-order valence-corrected chi connectivity index (χ3v) is 10.0. The van der Waals surface area contributed by atoms with Crippen molar-refractivity contribution in [2.45, 2.75) is 37.8 Å². The molecule has 2 unspecified atom stereocenters. The summed E-state index contributed by atoms with van der Waals surface area (Å²) in [5.74, 6) is -1.31. The fourth-order valence-corrected chi connectivity index (χ4v) is 7.27. The molecule has 2 N–H and O–H groups in total. The lowest BCUT2D eigenvalue weighted by atomic mass is 9.82. The quantitative estimate of drug-likeness (QED) is 0.353. The number of carbonyl (C=O) groups excluding carboxylic acids is 2. The zero-order chi connectivity index (χ0) is 32.7. The van der Waals surface area contributed by atoms with E-state index in [4.69, 9.17) is 21.2 Å². The molecule has 0 saturated carbocycles. The van der Waals surface area contributed by atoms with Crippen molar-refractivity contribution in [3.05, 3.63) is 93.8 Å². The normalized spacial score (nSPS) is 21.4. The lowest BCUT2D eigenvalue weighted by molar-refractivity contribution is -0.148. The van der Waals surface area contributed by atoms with E-state index in [1.54, 1.807) is 6.07 Å². The number of hydrogen-bond acceptors (Lipinski definition) is 7. The Labute approximate surface area is 276 Å². The first-order chi connectivity index (χ1) is 22.8. The summed E-state index contributed by atoms with van der Waals surface area (Å²) in [4.78, 5) is 49.0. The van der Waals surface area contributed by atoms with Gasteiger partial charge in [0.25, 0.3) is 11.8 Å². The molecule has 47 heavy (non-hydrogen) atoms. The number of aromatic carboxylic acids is 1. The molecule has 2 amide bonds. The van der Waals surface area contributed by atoms with Crippen LogP contribution in [0.25, 0.3) is 0 Å². The monoisotopic (exact) mass is 660 g/mol. The number of nitrogens with one attached hydrogen (secondary N) is 1. The summed E-state index contributed by atoms with van der Waals surface area (Å²) in [5.41, 5.74) is 3.72. The van der Waals surface area contributed by atoms with Crippen LogP contribution in [0.2, 0.25) is 5.02 Å². The number of ether oxygens (including phenoxy) is 1. The highest BCUT2D eigenvalue weighted by Crippen LogP contribution is 2.40. The van der Waals surface area contributed by atoms with E-state index in [1.807, 2.05) is 12.1 Å². The predicted molar refractivity (Wildman–Crippen MR) is 173 cm³/mol. The van der Waals surface area contributed by atoms with Crippen molar-refractivity contribution in [1.82, 2.24) is 4.90 Å². The molecule has 3 aromatic rings. The fourth-order valence-electron chi connectivity index (χ4n) is 7.09. The number of rotatable bonds is 7. The van der Waals surface area contributed by atoms with E-state index in [0.717, 1.165) is 56.0 Å². The molecule has 2 atom stereocenters. The first-order valence-electron chi connectivity index (χ1n) is 15.8. The average molecular weight is 661 g/mol. The number of nitrogens with zero attached hydrogens (tertiary/aromatic N) is 3. The molecule has 0 spiro atoms. The van der Waals surface area contributed by atoms with Crippen molar-refractivity contribution in [1.29, 1.82) is 0 Å². The third-order valence-electron chi connectivity index (χ3n) is 9.74. The molecule has 2 fully saturated rings. The Bertz CT molecular complexity index is 1740. The maximum absolute atomic E-state index is 14.8. The van der Waals surface area contributed by atoms with Crippen molar-refractivity contribution in [2.24, 2.45) is 17.0 Å². The van der Waals surface area contributed by atoms with Gasteiger partial charge in [-0.3, -0.25) is 9.59 Å². The molecule has 4 aliphatic heterocycles. The summed E-state index contributed by atoms with van der Waals surface area (Å²) in [6.07, 6.45) is 1.66. The fraction of sp³-hybridized carbons (Fsp3) is 0.371. The number of amides is 2. The number of carboxylic acid groups (broad SMARTS) is 1. The predicted octanol–water partition coefficient (Wildman–Crippen LogP) is 5.30. The summed E-state index contributed by atoms with van der Waals surface area (Å²) in [6, 6.07) is 15.3. The van der Waals surface area contributed by atoms with E-state index in [0.29, 0.717) is 23.9 Å². The first kappa shape index (κ1) is 31.1. The van der Waals surface area contributed by atoms with E-state index in [2.05, 4.69) is 21.4 Å². The zero-order valence-corrected chi connectivity index (χ0v) is 26.3. The highest BCUT2D eigenvalue weighted by Gasteiger charge is 2.43. The largest absolute Gasteiger partial charge is 0.478 e. The number of carbonyl (C=O) groups is 3. The Morgan fingerprint density at radius 1 is 0.957 bits per heavy atom. The van der Waals surface area contributed by atoms with Gasteiger partial charge in [0.1, 0.15) is 6.04 Å². The van der Waals surface area contributed by atoms with Gasteiger partial charge >= 0.3 is 5.97 Å². The molecule has 3 aromatic carbocycles. The number of piperidine rings is 1. The number of anilines is 2. The van der Waals surface area contributed by atoms with Crippen LogP contribution in [0, 0.1) is 17.7 Å². The molecule has 4 heterocycles. The smallest absolute Gasteiger partial charge is 0.335 e. The topological polar surface area (TPSA) is 121 Å². The highest BCUT2D eigenvalue weighted by molar-refractivity contribution is 6.31. The second-order valence-electron chi connectivity index (χ2n) is 12.5. The van der Waals surface area contributed by atoms with E-state index >= 15 is 0 Å². The van der Waals surface area contributed by atoms with Gasteiger partial charge in [-0.1, -0.05) is 35.0 Å². The van der Waals surface area contributed by atoms with E-state index in [9.17, 15) is 23.9 Å². The molecular formula is C35H34ClFN4O6. The summed E-state index contributed by atoms with van der Waals surface area (Å²) < 4.78 is 20.2. The lowest BCUT2D eigenvalue weighted by Gasteiger charge is -2.42. The molecule has 10 nitrogen and oxygen atoms in total. The lowest BCUT2D eigenvalue weighted by Crippen LogP contribution is -2.49. The molecule has 0 aliphatic carbocycles. The second-order valence-corrected chi connectivity index (χ2v) is 12.9. The van der Waals surface area contributed by atoms with Crippen LogP contribution in [0.4, 0.5) is 15.8 Å². The second kappa shape index (κ2) is 13.0. The Kier molecular flexibility index (Phi) is 8.59. The van der Waals surface area contributed by atoms with Crippen LogP contribution in [0.5, 0.6) is 0 Å². The third kappa shape index (κ3) is 6.05. The van der Waals surface area contributed by atoms with Crippen molar-refractivity contribution in [3.8, 4) is 0 Å². The minimum atomic E-state index is -1.07. The maximum Gasteiger partial charge on any atom is 0.335 e. The van der Waals surface area contributed by atoms with Gasteiger partial charge in [0, 0.05) is 48.9 Å². The number of hydrogen-bond donors (Lipinski definition) is 2. The Hall–Kier alpha value is -4.48. The van der Waals surface area contributed by atoms with Crippen LogP contribution in [0.1, 0.15) is 52.4 Å². The molecule has 2 saturated heterocycles. The molecule has 0 bridgehead atoms. The SMILES string of the molecule is O=C(O)c1ccc(NC(=O)C2c3cccc(N4CCC(C5COC5)CC4)c3CCN2C(=O)C2CC(c3cccc(Cl)c3F)=NO2)cc1. The summed E-state index contributed by atoms with van der Waals surface area (Å²) >= 11 is 5.98. The van der Waals surface area contributed by atoms with Gasteiger partial charge in [-0.05, 0) is 78.8 Å². The molecule has 12 heteroatoms. The number of benzene rings is 3. The van der Waals surface area contributed by atoms with Crippen molar-refractivity contribution >= 4 is 46.5 Å². The van der Waals surface area contributed by atoms with Crippen molar-refractivity contribution < 1.29 is 33.5 Å². The van der Waals surface area contributed by atoms with E-state index in [1.165, 1.54) is 41.3 Å². The van der Waals surface area contributed by atoms with Crippen LogP contribution < -0.4 is 10.2 Å². The summed E-state index contributed by atoms with van der Waals surface area (Å²) in [7, 11) is 0. The standard InChI is InChI=1S/C35H34ClFN4O6/c36-27-5-1-4-26(31(27)37)28-17-30(47-39-28)34(43)41-16-13-24-25(32(41)33(42)38-23-9-7-21(8-10-23)35(44)45)3-2-6-29(24)40-14-11-20(12-15-40)22-18-46-19-22/h1-10,20,22,30,32H,11-19H2,(H,38,42)(H,44,45). The summed E-state index contributed by atoms with van der Waals surface area (Å²) in [5, 5.41) is 16.1. The van der Waals surface area contributed by atoms with Crippen molar-refractivity contribution in [2.75, 3.05) is 43.1 Å². The van der Waals surface area contributed by atoms with Crippen molar-refractivity contribution in [3.63, 3.8) is 0 Å². The Balaban J connectivity index is 1.16. The minimum absolute atomic E-state index is 0.0193.